The first-order chi connectivity index (χ1) is 8.88. The third-order valence-corrected chi connectivity index (χ3v) is 3.71. The zero-order valence-corrected chi connectivity index (χ0v) is 11.5. The molecular weight excluding hydrogens is 224 g/mol. The molecule has 0 saturated carbocycles. The molecule has 0 aromatic rings. The largest absolute Gasteiger partial charge is 0.356 e. The van der Waals surface area contributed by atoms with Crippen LogP contribution < -0.4 is 10.6 Å². The van der Waals surface area contributed by atoms with Gasteiger partial charge < -0.3 is 15.5 Å². The molecule has 1 saturated heterocycles. The van der Waals surface area contributed by atoms with Crippen molar-refractivity contribution >= 4 is 5.96 Å². The molecule has 102 valence electrons. The molecule has 4 heteroatoms. The highest BCUT2D eigenvalue weighted by Gasteiger charge is 2.12. The monoisotopic (exact) mass is 250 g/mol. The van der Waals surface area contributed by atoms with Crippen LogP contribution in [0.25, 0.3) is 0 Å². The summed E-state index contributed by atoms with van der Waals surface area (Å²) in [6, 6.07) is 0.537. The average molecular weight is 250 g/mol. The fourth-order valence-electron chi connectivity index (χ4n) is 2.64. The molecule has 0 aromatic carbocycles. The van der Waals surface area contributed by atoms with E-state index >= 15 is 0 Å². The molecule has 1 fully saturated rings. The minimum absolute atomic E-state index is 0.537. The second-order valence-corrected chi connectivity index (χ2v) is 5.19. The Balaban J connectivity index is 1.55. The molecule has 0 amide bonds. The van der Waals surface area contributed by atoms with Crippen LogP contribution in [0.3, 0.4) is 0 Å². The van der Waals surface area contributed by atoms with Crippen molar-refractivity contribution in [1.82, 2.24) is 15.5 Å². The van der Waals surface area contributed by atoms with Crippen molar-refractivity contribution in [2.75, 3.05) is 33.2 Å². The molecule has 2 aliphatic rings. The summed E-state index contributed by atoms with van der Waals surface area (Å²) in [6.45, 7) is 4.81. The molecule has 0 bridgehead atoms. The summed E-state index contributed by atoms with van der Waals surface area (Å²) >= 11 is 0. The van der Waals surface area contributed by atoms with Crippen molar-refractivity contribution in [3.63, 3.8) is 0 Å². The van der Waals surface area contributed by atoms with Crippen LogP contribution in [0.15, 0.2) is 17.1 Å². The Bertz CT molecular complexity index is 284. The van der Waals surface area contributed by atoms with E-state index in [0.717, 1.165) is 25.3 Å². The van der Waals surface area contributed by atoms with Gasteiger partial charge in [-0.3, -0.25) is 4.99 Å². The van der Waals surface area contributed by atoms with Crippen LogP contribution in [0.5, 0.6) is 0 Å². The summed E-state index contributed by atoms with van der Waals surface area (Å²) < 4.78 is 0. The number of guanidine groups is 1. The Morgan fingerprint density at radius 3 is 2.67 bits per heavy atom. The van der Waals surface area contributed by atoms with Gasteiger partial charge in [-0.15, -0.1) is 0 Å². The first-order valence-corrected chi connectivity index (χ1v) is 7.23. The molecule has 0 spiro atoms. The van der Waals surface area contributed by atoms with Gasteiger partial charge in [0.15, 0.2) is 5.96 Å². The number of nitrogens with one attached hydrogen (secondary N) is 2. The van der Waals surface area contributed by atoms with Crippen LogP contribution in [0, 0.1) is 0 Å². The summed E-state index contributed by atoms with van der Waals surface area (Å²) in [6.07, 6.45) is 10.7. The van der Waals surface area contributed by atoms with Gasteiger partial charge in [0.1, 0.15) is 0 Å². The van der Waals surface area contributed by atoms with E-state index in [2.05, 4.69) is 32.7 Å². The maximum atomic E-state index is 4.27. The molecule has 1 aliphatic heterocycles. The molecule has 0 unspecified atom stereocenters. The molecule has 0 aromatic heterocycles. The first-order valence-electron chi connectivity index (χ1n) is 7.23. The average Bonchev–Trinajstić information content (AvgIpc) is 3.06. The summed E-state index contributed by atoms with van der Waals surface area (Å²) in [5, 5.41) is 6.86. The smallest absolute Gasteiger partial charge is 0.191 e. The molecule has 4 nitrogen and oxygen atoms in total. The van der Waals surface area contributed by atoms with Gasteiger partial charge in [0, 0.05) is 19.6 Å². The fourth-order valence-corrected chi connectivity index (χ4v) is 2.64. The van der Waals surface area contributed by atoms with E-state index in [9.17, 15) is 0 Å². The lowest BCUT2D eigenvalue weighted by atomic mass is 10.2. The minimum Gasteiger partial charge on any atom is -0.356 e. The highest BCUT2D eigenvalue weighted by molar-refractivity contribution is 5.80. The van der Waals surface area contributed by atoms with Gasteiger partial charge in [-0.25, -0.2) is 0 Å². The first kappa shape index (κ1) is 13.4. The van der Waals surface area contributed by atoms with Crippen molar-refractivity contribution in [1.29, 1.82) is 0 Å². The number of nitrogens with zero attached hydrogens (tertiary/aromatic N) is 2. The molecule has 0 atom stereocenters. The van der Waals surface area contributed by atoms with Crippen molar-refractivity contribution in [2.24, 2.45) is 4.99 Å². The molecule has 2 N–H and O–H groups in total. The van der Waals surface area contributed by atoms with Crippen LogP contribution in [0.1, 0.15) is 32.1 Å². The number of hydrogen-bond acceptors (Lipinski definition) is 2. The second kappa shape index (κ2) is 7.41. The Morgan fingerprint density at radius 1 is 1.28 bits per heavy atom. The second-order valence-electron chi connectivity index (χ2n) is 5.19. The van der Waals surface area contributed by atoms with Crippen molar-refractivity contribution in [3.05, 3.63) is 12.2 Å². The standard InChI is InChI=1S/C14H26N4/c1-15-14(17-13-7-2-3-8-13)16-9-6-12-18-10-4-5-11-18/h2-3,13H,4-12H2,1H3,(H2,15,16,17). The van der Waals surface area contributed by atoms with E-state index < -0.39 is 0 Å². The number of likely N-dealkylation sites (tertiary alicyclic amines) is 1. The maximum absolute atomic E-state index is 4.27. The lowest BCUT2D eigenvalue weighted by Crippen LogP contribution is -2.43. The van der Waals surface area contributed by atoms with Gasteiger partial charge in [0.2, 0.25) is 0 Å². The zero-order valence-electron chi connectivity index (χ0n) is 11.5. The lowest BCUT2D eigenvalue weighted by molar-refractivity contribution is 0.334. The Kier molecular flexibility index (Phi) is 5.52. The van der Waals surface area contributed by atoms with E-state index in [1.165, 1.54) is 38.9 Å². The van der Waals surface area contributed by atoms with E-state index in [4.69, 9.17) is 0 Å². The predicted molar refractivity (Wildman–Crippen MR) is 77.0 cm³/mol. The Morgan fingerprint density at radius 2 is 2.00 bits per heavy atom. The molecule has 1 aliphatic carbocycles. The maximum Gasteiger partial charge on any atom is 0.191 e. The quantitative estimate of drug-likeness (QED) is 0.335. The molecule has 0 radical (unpaired) electrons. The van der Waals surface area contributed by atoms with Gasteiger partial charge in [0.25, 0.3) is 0 Å². The highest BCUT2D eigenvalue weighted by Crippen LogP contribution is 2.09. The molecule has 18 heavy (non-hydrogen) atoms. The Hall–Kier alpha value is -1.03. The molecule has 1 heterocycles. The third-order valence-electron chi connectivity index (χ3n) is 3.71. The lowest BCUT2D eigenvalue weighted by Gasteiger charge is -2.18. The zero-order chi connectivity index (χ0) is 12.6. The SMILES string of the molecule is CN=C(NCCCN1CCCC1)NC1CC=CC1. The minimum atomic E-state index is 0.537. The molecule has 2 rings (SSSR count). The van der Waals surface area contributed by atoms with Crippen LogP contribution in [0.4, 0.5) is 0 Å². The van der Waals surface area contributed by atoms with Crippen LogP contribution >= 0.6 is 0 Å². The van der Waals surface area contributed by atoms with Gasteiger partial charge in [-0.1, -0.05) is 12.2 Å². The Labute approximate surface area is 111 Å². The van der Waals surface area contributed by atoms with E-state index in [-0.39, 0.29) is 0 Å². The fraction of sp³-hybridized carbons (Fsp3) is 0.786. The van der Waals surface area contributed by atoms with Crippen LogP contribution in [-0.4, -0.2) is 50.1 Å². The van der Waals surface area contributed by atoms with Crippen molar-refractivity contribution in [2.45, 2.75) is 38.1 Å². The van der Waals surface area contributed by atoms with Gasteiger partial charge >= 0.3 is 0 Å². The molecular formula is C14H26N4. The summed E-state index contributed by atoms with van der Waals surface area (Å²) in [5.74, 6) is 0.949. The predicted octanol–water partition coefficient (Wildman–Crippen LogP) is 1.36. The summed E-state index contributed by atoms with van der Waals surface area (Å²) in [4.78, 5) is 6.83. The van der Waals surface area contributed by atoms with Crippen molar-refractivity contribution < 1.29 is 0 Å². The van der Waals surface area contributed by atoms with Gasteiger partial charge in [-0.05, 0) is 51.7 Å². The van der Waals surface area contributed by atoms with Gasteiger partial charge in [0.05, 0.1) is 0 Å². The van der Waals surface area contributed by atoms with E-state index in [1.807, 2.05) is 7.05 Å². The third kappa shape index (κ3) is 4.33. The van der Waals surface area contributed by atoms with Crippen LogP contribution in [-0.2, 0) is 0 Å². The van der Waals surface area contributed by atoms with E-state index in [1.54, 1.807) is 0 Å². The van der Waals surface area contributed by atoms with Crippen molar-refractivity contribution in [3.8, 4) is 0 Å². The number of aliphatic imine (C=N–C) groups is 1. The summed E-state index contributed by atoms with van der Waals surface area (Å²) in [7, 11) is 1.85. The van der Waals surface area contributed by atoms with Gasteiger partial charge in [-0.2, -0.15) is 0 Å². The summed E-state index contributed by atoms with van der Waals surface area (Å²) in [5.41, 5.74) is 0. The number of hydrogen-bond donors (Lipinski definition) is 2. The topological polar surface area (TPSA) is 39.7 Å². The van der Waals surface area contributed by atoms with E-state index in [0.29, 0.717) is 6.04 Å². The highest BCUT2D eigenvalue weighted by atomic mass is 15.2. The number of rotatable bonds is 5. The normalized spacial score (nSPS) is 21.7. The van der Waals surface area contributed by atoms with Crippen LogP contribution in [0.2, 0.25) is 0 Å².